The van der Waals surface area contributed by atoms with Gasteiger partial charge in [-0.15, -0.1) is 0 Å². The van der Waals surface area contributed by atoms with Crippen molar-refractivity contribution >= 4 is 11.8 Å². The minimum atomic E-state index is -0.789. The van der Waals surface area contributed by atoms with Gasteiger partial charge in [0.1, 0.15) is 12.1 Å². The highest BCUT2D eigenvalue weighted by Crippen LogP contribution is 2.18. The maximum Gasteiger partial charge on any atom is 0.245 e. The summed E-state index contributed by atoms with van der Waals surface area (Å²) in [7, 11) is 0. The van der Waals surface area contributed by atoms with Crippen LogP contribution >= 0.6 is 0 Å². The molecule has 0 unspecified atom stereocenters. The maximum atomic E-state index is 12.1. The number of carbonyl (C=O) groups is 2. The van der Waals surface area contributed by atoms with Crippen LogP contribution < -0.4 is 5.32 Å². The van der Waals surface area contributed by atoms with E-state index in [2.05, 4.69) is 10.4 Å². The van der Waals surface area contributed by atoms with Gasteiger partial charge in [0.05, 0.1) is 0 Å². The molecular weight excluding hydrogens is 220 g/mol. The first-order chi connectivity index (χ1) is 8.01. The van der Waals surface area contributed by atoms with Crippen LogP contribution in [0, 0.1) is 0 Å². The first kappa shape index (κ1) is 11.6. The zero-order valence-electron chi connectivity index (χ0n) is 10.0. The summed E-state index contributed by atoms with van der Waals surface area (Å²) in [6, 6.07) is 1.77. The fraction of sp³-hybridized carbons (Fsp3) is 0.545. The quantitative estimate of drug-likeness (QED) is 0.761. The van der Waals surface area contributed by atoms with Gasteiger partial charge in [0.25, 0.3) is 0 Å². The molecule has 0 aromatic carbocycles. The molecule has 0 atom stereocenters. The molecule has 0 radical (unpaired) electrons. The van der Waals surface area contributed by atoms with Crippen molar-refractivity contribution in [3.8, 4) is 0 Å². The monoisotopic (exact) mass is 236 g/mol. The highest BCUT2D eigenvalue weighted by molar-refractivity contribution is 5.91. The molecule has 0 spiro atoms. The highest BCUT2D eigenvalue weighted by Gasteiger charge is 2.40. The molecule has 2 heterocycles. The Balaban J connectivity index is 2.10. The van der Waals surface area contributed by atoms with Gasteiger partial charge in [-0.25, -0.2) is 0 Å². The molecule has 6 heteroatoms. The zero-order valence-corrected chi connectivity index (χ0v) is 10.0. The summed E-state index contributed by atoms with van der Waals surface area (Å²) in [4.78, 5) is 25.4. The van der Waals surface area contributed by atoms with Crippen LogP contribution in [0.3, 0.4) is 0 Å². The number of piperazine rings is 1. The van der Waals surface area contributed by atoms with E-state index in [9.17, 15) is 9.59 Å². The van der Waals surface area contributed by atoms with E-state index in [-0.39, 0.29) is 18.4 Å². The Hall–Kier alpha value is -1.85. The third kappa shape index (κ3) is 2.15. The fourth-order valence-corrected chi connectivity index (χ4v) is 1.95. The summed E-state index contributed by atoms with van der Waals surface area (Å²) in [5.74, 6) is -0.203. The van der Waals surface area contributed by atoms with E-state index in [1.165, 1.54) is 0 Å². The number of hydrogen-bond acceptors (Lipinski definition) is 3. The second kappa shape index (κ2) is 4.20. The van der Waals surface area contributed by atoms with Crippen LogP contribution in [0.5, 0.6) is 0 Å². The number of hydrogen-bond donors (Lipinski definition) is 1. The Morgan fingerprint density at radius 3 is 3.00 bits per heavy atom. The van der Waals surface area contributed by atoms with Crippen molar-refractivity contribution in [1.82, 2.24) is 20.0 Å². The molecule has 1 aliphatic rings. The van der Waals surface area contributed by atoms with Crippen LogP contribution in [0.15, 0.2) is 18.5 Å². The lowest BCUT2D eigenvalue weighted by atomic mass is 9.99. The minimum Gasteiger partial charge on any atom is -0.352 e. The number of aromatic nitrogens is 2. The van der Waals surface area contributed by atoms with Crippen molar-refractivity contribution < 1.29 is 9.59 Å². The van der Waals surface area contributed by atoms with Gasteiger partial charge in [0.2, 0.25) is 11.8 Å². The first-order valence-electron chi connectivity index (χ1n) is 5.58. The topological polar surface area (TPSA) is 67.2 Å². The van der Waals surface area contributed by atoms with Gasteiger partial charge >= 0.3 is 0 Å². The SMILES string of the molecule is CC1(C)C(=O)NCCN1C(=O)Cn1cccn1. The van der Waals surface area contributed by atoms with Gasteiger partial charge in [0.15, 0.2) is 0 Å². The van der Waals surface area contributed by atoms with Crippen molar-refractivity contribution in [2.45, 2.75) is 25.9 Å². The molecule has 92 valence electrons. The van der Waals surface area contributed by atoms with E-state index in [1.54, 1.807) is 41.9 Å². The second-order valence-electron chi connectivity index (χ2n) is 4.56. The minimum absolute atomic E-state index is 0.0893. The summed E-state index contributed by atoms with van der Waals surface area (Å²) < 4.78 is 1.56. The molecule has 2 amide bonds. The lowest BCUT2D eigenvalue weighted by molar-refractivity contribution is -0.149. The molecule has 1 fully saturated rings. The molecule has 2 rings (SSSR count). The summed E-state index contributed by atoms with van der Waals surface area (Å²) in [6.45, 7) is 4.72. The van der Waals surface area contributed by atoms with E-state index in [1.807, 2.05) is 0 Å². The molecule has 0 saturated carbocycles. The number of amides is 2. The van der Waals surface area contributed by atoms with Gasteiger partial charge in [0, 0.05) is 25.5 Å². The average molecular weight is 236 g/mol. The van der Waals surface area contributed by atoms with Crippen molar-refractivity contribution in [2.75, 3.05) is 13.1 Å². The van der Waals surface area contributed by atoms with E-state index in [0.29, 0.717) is 13.1 Å². The largest absolute Gasteiger partial charge is 0.352 e. The van der Waals surface area contributed by atoms with Crippen LogP contribution in [0.1, 0.15) is 13.8 Å². The van der Waals surface area contributed by atoms with Crippen molar-refractivity contribution in [3.63, 3.8) is 0 Å². The van der Waals surface area contributed by atoms with Crippen molar-refractivity contribution in [2.24, 2.45) is 0 Å². The molecule has 0 aliphatic carbocycles. The number of rotatable bonds is 2. The normalized spacial score (nSPS) is 18.9. The summed E-state index contributed by atoms with van der Waals surface area (Å²) in [5, 5.41) is 6.75. The molecule has 0 bridgehead atoms. The van der Waals surface area contributed by atoms with Gasteiger partial charge in [-0.2, -0.15) is 5.10 Å². The molecule has 6 nitrogen and oxygen atoms in total. The van der Waals surface area contributed by atoms with Gasteiger partial charge in [-0.1, -0.05) is 0 Å². The van der Waals surface area contributed by atoms with Crippen molar-refractivity contribution in [1.29, 1.82) is 0 Å². The first-order valence-corrected chi connectivity index (χ1v) is 5.58. The fourth-order valence-electron chi connectivity index (χ4n) is 1.95. The number of nitrogens with one attached hydrogen (secondary N) is 1. The van der Waals surface area contributed by atoms with E-state index in [4.69, 9.17) is 0 Å². The standard InChI is InChI=1S/C11H16N4O2/c1-11(2)10(17)12-5-7-15(11)9(16)8-14-6-3-4-13-14/h3-4,6H,5,7-8H2,1-2H3,(H,12,17). The summed E-state index contributed by atoms with van der Waals surface area (Å²) in [5.41, 5.74) is -0.789. The Morgan fingerprint density at radius 1 is 1.59 bits per heavy atom. The van der Waals surface area contributed by atoms with E-state index < -0.39 is 5.54 Å². The van der Waals surface area contributed by atoms with E-state index in [0.717, 1.165) is 0 Å². The second-order valence-corrected chi connectivity index (χ2v) is 4.56. The highest BCUT2D eigenvalue weighted by atomic mass is 16.2. The van der Waals surface area contributed by atoms with Crippen LogP contribution in [-0.4, -0.2) is 45.1 Å². The van der Waals surface area contributed by atoms with Crippen LogP contribution in [0.25, 0.3) is 0 Å². The maximum absolute atomic E-state index is 12.1. The average Bonchev–Trinajstić information content (AvgIpc) is 2.74. The third-order valence-corrected chi connectivity index (χ3v) is 3.01. The molecule has 1 N–H and O–H groups in total. The summed E-state index contributed by atoms with van der Waals surface area (Å²) in [6.07, 6.45) is 3.36. The smallest absolute Gasteiger partial charge is 0.245 e. The van der Waals surface area contributed by atoms with E-state index >= 15 is 0 Å². The Labute approximate surface area is 99.6 Å². The summed E-state index contributed by atoms with van der Waals surface area (Å²) >= 11 is 0. The number of carbonyl (C=O) groups excluding carboxylic acids is 2. The van der Waals surface area contributed by atoms with Crippen LogP contribution in [0.4, 0.5) is 0 Å². The third-order valence-electron chi connectivity index (χ3n) is 3.01. The predicted molar refractivity (Wildman–Crippen MR) is 61.0 cm³/mol. The molecule has 17 heavy (non-hydrogen) atoms. The lowest BCUT2D eigenvalue weighted by Crippen LogP contribution is -2.63. The molecule has 1 aliphatic heterocycles. The Kier molecular flexibility index (Phi) is 2.87. The Bertz CT molecular complexity index is 425. The van der Waals surface area contributed by atoms with Gasteiger partial charge in [-0.3, -0.25) is 14.3 Å². The Morgan fingerprint density at radius 2 is 2.35 bits per heavy atom. The van der Waals surface area contributed by atoms with Crippen LogP contribution in [-0.2, 0) is 16.1 Å². The molecule has 1 aromatic heterocycles. The molecule has 1 aromatic rings. The zero-order chi connectivity index (χ0) is 12.5. The van der Waals surface area contributed by atoms with Crippen molar-refractivity contribution in [3.05, 3.63) is 18.5 Å². The van der Waals surface area contributed by atoms with Gasteiger partial charge in [-0.05, 0) is 19.9 Å². The molecule has 1 saturated heterocycles. The number of nitrogens with zero attached hydrogens (tertiary/aromatic N) is 3. The van der Waals surface area contributed by atoms with Crippen LogP contribution in [0.2, 0.25) is 0 Å². The predicted octanol–water partition coefficient (Wildman–Crippen LogP) is -0.380. The van der Waals surface area contributed by atoms with Gasteiger partial charge < -0.3 is 10.2 Å². The molecular formula is C11H16N4O2. The lowest BCUT2D eigenvalue weighted by Gasteiger charge is -2.41.